The molecule has 0 radical (unpaired) electrons. The van der Waals surface area contributed by atoms with Crippen LogP contribution in [0, 0.1) is 6.92 Å². The highest BCUT2D eigenvalue weighted by Crippen LogP contribution is 2.52. The molecule has 0 atom stereocenters. The van der Waals surface area contributed by atoms with Gasteiger partial charge in [0.1, 0.15) is 5.82 Å². The number of nitrogens with zero attached hydrogens (tertiary/aromatic N) is 1. The maximum atomic E-state index is 13.4. The summed E-state index contributed by atoms with van der Waals surface area (Å²) >= 11 is 0. The molecule has 1 fully saturated rings. The molecule has 0 saturated heterocycles. The van der Waals surface area contributed by atoms with Crippen LogP contribution in [0.4, 0.5) is 14.6 Å². The normalized spacial score (nSPS) is 16.6. The highest BCUT2D eigenvalue weighted by atomic mass is 19.3. The smallest absolute Gasteiger partial charge is 0.395 e. The number of hydrogen-bond donors (Lipinski definition) is 2. The first-order valence-electron chi connectivity index (χ1n) is 10.7. The first-order valence-corrected chi connectivity index (χ1v) is 10.7. The molecule has 0 unspecified atom stereocenters. The number of nitrogens with one attached hydrogen (secondary N) is 2. The average Bonchev–Trinajstić information content (AvgIpc) is 3.57. The lowest BCUT2D eigenvalue weighted by atomic mass is 9.94. The van der Waals surface area contributed by atoms with Gasteiger partial charge in [0.25, 0.3) is 5.91 Å². The van der Waals surface area contributed by atoms with Crippen molar-refractivity contribution in [2.75, 3.05) is 12.4 Å². The van der Waals surface area contributed by atoms with Gasteiger partial charge in [0.05, 0.1) is 11.1 Å². The Bertz CT molecular complexity index is 1320. The van der Waals surface area contributed by atoms with Crippen molar-refractivity contribution in [2.45, 2.75) is 31.5 Å². The Labute approximate surface area is 194 Å². The number of aromatic nitrogens is 1. The summed E-state index contributed by atoms with van der Waals surface area (Å²) in [6.07, 6.45) is -2.57. The number of carbonyl (C=O) groups is 2. The number of amides is 2. The van der Waals surface area contributed by atoms with E-state index < -0.39 is 11.7 Å². The summed E-state index contributed by atoms with van der Waals surface area (Å²) in [7, 11) is 1.56. The standard InChI is InChI=1S/C25H21F2N3O4/c1-14-6-9-20(29-21(14)15-4-3-5-16(12-15)22(31)28-2)30-23(32)24(10-11-24)17-7-8-18-19(13-17)34-25(26,27)33-18/h3-9,12-13H,10-11H2,1-2H3,(H,28,31)(H,29,30,32). The molecule has 0 spiro atoms. The van der Waals surface area contributed by atoms with Crippen LogP contribution in [0.3, 0.4) is 0 Å². The number of pyridine rings is 1. The van der Waals surface area contributed by atoms with E-state index >= 15 is 0 Å². The first kappa shape index (κ1) is 21.8. The van der Waals surface area contributed by atoms with E-state index in [4.69, 9.17) is 0 Å². The summed E-state index contributed by atoms with van der Waals surface area (Å²) in [6.45, 7) is 1.89. The molecule has 2 heterocycles. The molecule has 0 bridgehead atoms. The molecule has 1 aromatic heterocycles. The number of anilines is 1. The van der Waals surface area contributed by atoms with E-state index in [1.165, 1.54) is 12.1 Å². The minimum absolute atomic E-state index is 0.0613. The number of benzene rings is 2. The zero-order chi connectivity index (χ0) is 24.1. The van der Waals surface area contributed by atoms with Crippen LogP contribution in [-0.2, 0) is 10.2 Å². The Kier molecular flexibility index (Phi) is 5.00. The highest BCUT2D eigenvalue weighted by Gasteiger charge is 2.53. The molecule has 9 heteroatoms. The maximum absolute atomic E-state index is 13.4. The fraction of sp³-hybridized carbons (Fsp3) is 0.240. The molecule has 174 valence electrons. The summed E-state index contributed by atoms with van der Waals surface area (Å²) in [5.74, 6) is -0.280. The quantitative estimate of drug-likeness (QED) is 0.583. The highest BCUT2D eigenvalue weighted by molar-refractivity contribution is 6.01. The van der Waals surface area contributed by atoms with E-state index in [0.717, 1.165) is 11.1 Å². The van der Waals surface area contributed by atoms with Crippen LogP contribution in [0.2, 0.25) is 0 Å². The first-order chi connectivity index (χ1) is 16.2. The van der Waals surface area contributed by atoms with Crippen molar-refractivity contribution in [3.63, 3.8) is 0 Å². The number of halogens is 2. The van der Waals surface area contributed by atoms with Crippen molar-refractivity contribution in [3.05, 3.63) is 71.3 Å². The average molecular weight is 465 g/mol. The fourth-order valence-electron chi connectivity index (χ4n) is 4.10. The van der Waals surface area contributed by atoms with Crippen LogP contribution in [-0.4, -0.2) is 30.1 Å². The van der Waals surface area contributed by atoms with Crippen molar-refractivity contribution in [3.8, 4) is 22.8 Å². The molecular weight excluding hydrogens is 444 g/mol. The molecule has 3 aromatic rings. The Hall–Kier alpha value is -4.01. The van der Waals surface area contributed by atoms with E-state index in [-0.39, 0.29) is 23.3 Å². The Morgan fingerprint density at radius 1 is 1.00 bits per heavy atom. The topological polar surface area (TPSA) is 89.6 Å². The minimum Gasteiger partial charge on any atom is -0.395 e. The summed E-state index contributed by atoms with van der Waals surface area (Å²) in [5.41, 5.74) is 2.50. The van der Waals surface area contributed by atoms with Crippen LogP contribution in [0.1, 0.15) is 34.3 Å². The van der Waals surface area contributed by atoms with E-state index in [2.05, 4.69) is 25.1 Å². The molecule has 1 saturated carbocycles. The fourth-order valence-corrected chi connectivity index (χ4v) is 4.10. The third kappa shape index (κ3) is 3.83. The number of aryl methyl sites for hydroxylation is 1. The number of carbonyl (C=O) groups excluding carboxylic acids is 2. The second-order valence-corrected chi connectivity index (χ2v) is 8.39. The van der Waals surface area contributed by atoms with Crippen LogP contribution >= 0.6 is 0 Å². The zero-order valence-electron chi connectivity index (χ0n) is 18.4. The van der Waals surface area contributed by atoms with Crippen LogP contribution < -0.4 is 20.1 Å². The van der Waals surface area contributed by atoms with Gasteiger partial charge in [0.15, 0.2) is 11.5 Å². The van der Waals surface area contributed by atoms with Crippen molar-refractivity contribution >= 4 is 17.6 Å². The predicted octanol–water partition coefficient (Wildman–Crippen LogP) is 4.41. The van der Waals surface area contributed by atoms with Gasteiger partial charge in [-0.1, -0.05) is 24.3 Å². The van der Waals surface area contributed by atoms with Gasteiger partial charge in [0, 0.05) is 18.2 Å². The third-order valence-electron chi connectivity index (χ3n) is 6.10. The lowest BCUT2D eigenvalue weighted by molar-refractivity contribution is -0.286. The van der Waals surface area contributed by atoms with E-state index in [0.29, 0.717) is 35.5 Å². The van der Waals surface area contributed by atoms with E-state index in [1.54, 1.807) is 37.4 Å². The number of rotatable bonds is 5. The Balaban J connectivity index is 1.40. The number of fused-ring (bicyclic) bond motifs is 1. The van der Waals surface area contributed by atoms with Crippen molar-refractivity contribution in [1.82, 2.24) is 10.3 Å². The molecule has 7 nitrogen and oxygen atoms in total. The lowest BCUT2D eigenvalue weighted by Gasteiger charge is -2.17. The Morgan fingerprint density at radius 3 is 2.50 bits per heavy atom. The van der Waals surface area contributed by atoms with Gasteiger partial charge < -0.3 is 20.1 Å². The second kappa shape index (κ2) is 7.79. The molecule has 2 N–H and O–H groups in total. The summed E-state index contributed by atoms with van der Waals surface area (Å²) in [6, 6.07) is 15.0. The largest absolute Gasteiger partial charge is 0.586 e. The number of ether oxygens (including phenoxy) is 2. The van der Waals surface area contributed by atoms with Gasteiger partial charge >= 0.3 is 6.29 Å². The minimum atomic E-state index is -3.71. The van der Waals surface area contributed by atoms with Crippen LogP contribution in [0.5, 0.6) is 11.5 Å². The third-order valence-corrected chi connectivity index (χ3v) is 6.10. The van der Waals surface area contributed by atoms with E-state index in [9.17, 15) is 18.4 Å². The van der Waals surface area contributed by atoms with Gasteiger partial charge in [-0.25, -0.2) is 4.98 Å². The Morgan fingerprint density at radius 2 is 1.76 bits per heavy atom. The lowest BCUT2D eigenvalue weighted by Crippen LogP contribution is -2.28. The van der Waals surface area contributed by atoms with Gasteiger partial charge in [-0.2, -0.15) is 0 Å². The molecule has 34 heavy (non-hydrogen) atoms. The zero-order valence-corrected chi connectivity index (χ0v) is 18.4. The maximum Gasteiger partial charge on any atom is 0.586 e. The van der Waals surface area contributed by atoms with Gasteiger partial charge in [-0.3, -0.25) is 9.59 Å². The second-order valence-electron chi connectivity index (χ2n) is 8.39. The molecule has 2 amide bonds. The van der Waals surface area contributed by atoms with Crippen molar-refractivity contribution in [2.24, 2.45) is 0 Å². The molecule has 5 rings (SSSR count). The van der Waals surface area contributed by atoms with Crippen molar-refractivity contribution < 1.29 is 27.8 Å². The summed E-state index contributed by atoms with van der Waals surface area (Å²) in [5, 5.41) is 5.46. The predicted molar refractivity (Wildman–Crippen MR) is 120 cm³/mol. The molecule has 2 aromatic carbocycles. The van der Waals surface area contributed by atoms with Crippen molar-refractivity contribution in [1.29, 1.82) is 0 Å². The number of hydrogen-bond acceptors (Lipinski definition) is 5. The molecule has 2 aliphatic rings. The molecule has 1 aliphatic carbocycles. The van der Waals surface area contributed by atoms with Crippen LogP contribution in [0.25, 0.3) is 11.3 Å². The monoisotopic (exact) mass is 465 g/mol. The van der Waals surface area contributed by atoms with E-state index in [1.807, 2.05) is 19.1 Å². The van der Waals surface area contributed by atoms with Gasteiger partial charge in [-0.15, -0.1) is 8.78 Å². The van der Waals surface area contributed by atoms with Gasteiger partial charge in [0.2, 0.25) is 5.91 Å². The molecule has 1 aliphatic heterocycles. The number of alkyl halides is 2. The summed E-state index contributed by atoms with van der Waals surface area (Å²) < 4.78 is 35.7. The molecular formula is C25H21F2N3O4. The van der Waals surface area contributed by atoms with Gasteiger partial charge in [-0.05, 0) is 61.2 Å². The van der Waals surface area contributed by atoms with Crippen LogP contribution in [0.15, 0.2) is 54.6 Å². The SMILES string of the molecule is CNC(=O)c1cccc(-c2nc(NC(=O)C3(c4ccc5c(c4)OC(F)(F)O5)CC3)ccc2C)c1. The summed E-state index contributed by atoms with van der Waals surface area (Å²) in [4.78, 5) is 29.8.